The summed E-state index contributed by atoms with van der Waals surface area (Å²) in [4.78, 5) is 14.7. The van der Waals surface area contributed by atoms with Crippen molar-refractivity contribution in [3.05, 3.63) is 30.6 Å². The van der Waals surface area contributed by atoms with Gasteiger partial charge in [-0.3, -0.25) is 4.98 Å². The van der Waals surface area contributed by atoms with Gasteiger partial charge < -0.3 is 10.5 Å². The molecule has 1 aromatic heterocycles. The van der Waals surface area contributed by atoms with Gasteiger partial charge in [0.15, 0.2) is 5.75 Å². The van der Waals surface area contributed by atoms with E-state index in [1.54, 1.807) is 13.0 Å². The maximum absolute atomic E-state index is 11.0. The molecular weight excluding hydrogens is 168 g/mol. The number of anilines is 1. The Morgan fingerprint density at radius 1 is 1.69 bits per heavy atom. The van der Waals surface area contributed by atoms with Gasteiger partial charge >= 0.3 is 5.97 Å². The van der Waals surface area contributed by atoms with Gasteiger partial charge in [-0.25, -0.2) is 4.79 Å². The number of pyridine rings is 1. The zero-order valence-corrected chi connectivity index (χ0v) is 7.23. The van der Waals surface area contributed by atoms with Crippen molar-refractivity contribution < 1.29 is 9.53 Å². The summed E-state index contributed by atoms with van der Waals surface area (Å²) in [5.41, 5.74) is 5.85. The molecule has 1 aromatic rings. The summed E-state index contributed by atoms with van der Waals surface area (Å²) >= 11 is 0. The highest BCUT2D eigenvalue weighted by molar-refractivity contribution is 5.84. The summed E-state index contributed by atoms with van der Waals surface area (Å²) < 4.78 is 4.89. The van der Waals surface area contributed by atoms with E-state index in [4.69, 9.17) is 10.5 Å². The number of hydrogen-bond acceptors (Lipinski definition) is 4. The number of carbonyl (C=O) groups excluding carboxylic acids is 1. The van der Waals surface area contributed by atoms with E-state index in [2.05, 4.69) is 4.98 Å². The van der Waals surface area contributed by atoms with E-state index < -0.39 is 5.97 Å². The molecule has 0 bridgehead atoms. The normalized spacial score (nSPS) is 10.2. The van der Waals surface area contributed by atoms with Gasteiger partial charge in [-0.1, -0.05) is 6.08 Å². The van der Waals surface area contributed by atoms with Gasteiger partial charge in [0.2, 0.25) is 0 Å². The summed E-state index contributed by atoms with van der Waals surface area (Å²) in [5, 5.41) is 0. The smallest absolute Gasteiger partial charge is 0.335 e. The Bertz CT molecular complexity index is 334. The van der Waals surface area contributed by atoms with Crippen LogP contribution in [0.5, 0.6) is 5.75 Å². The predicted molar refractivity (Wildman–Crippen MR) is 49.1 cm³/mol. The van der Waals surface area contributed by atoms with E-state index in [1.807, 2.05) is 0 Å². The first kappa shape index (κ1) is 9.25. The second-order valence-corrected chi connectivity index (χ2v) is 2.33. The summed E-state index contributed by atoms with van der Waals surface area (Å²) in [5.74, 6) is -0.112. The fourth-order valence-corrected chi connectivity index (χ4v) is 0.765. The second-order valence-electron chi connectivity index (χ2n) is 2.33. The molecule has 0 aliphatic carbocycles. The van der Waals surface area contributed by atoms with Crippen LogP contribution in [0.3, 0.4) is 0 Å². The number of carbonyl (C=O) groups is 1. The van der Waals surface area contributed by atoms with E-state index in [-0.39, 0.29) is 0 Å². The summed E-state index contributed by atoms with van der Waals surface area (Å²) in [6.45, 7) is 1.73. The molecule has 0 saturated carbocycles. The van der Waals surface area contributed by atoms with Crippen molar-refractivity contribution in [1.29, 1.82) is 0 Å². The molecule has 0 aliphatic heterocycles. The van der Waals surface area contributed by atoms with Gasteiger partial charge in [-0.2, -0.15) is 0 Å². The van der Waals surface area contributed by atoms with Gasteiger partial charge in [0.1, 0.15) is 0 Å². The lowest BCUT2D eigenvalue weighted by Crippen LogP contribution is -2.05. The molecule has 0 radical (unpaired) electrons. The molecule has 1 heterocycles. The monoisotopic (exact) mass is 178 g/mol. The summed E-state index contributed by atoms with van der Waals surface area (Å²) in [6, 6.07) is 1.54. The molecule has 0 aliphatic rings. The molecule has 4 heteroatoms. The average molecular weight is 178 g/mol. The Morgan fingerprint density at radius 2 is 2.46 bits per heavy atom. The van der Waals surface area contributed by atoms with E-state index in [0.29, 0.717) is 11.4 Å². The summed E-state index contributed by atoms with van der Waals surface area (Å²) in [7, 11) is 0. The third-order valence-corrected chi connectivity index (χ3v) is 1.32. The van der Waals surface area contributed by atoms with Crippen LogP contribution >= 0.6 is 0 Å². The Hall–Kier alpha value is -1.84. The number of aromatic nitrogens is 1. The molecule has 4 nitrogen and oxygen atoms in total. The van der Waals surface area contributed by atoms with E-state index >= 15 is 0 Å². The Labute approximate surface area is 76.0 Å². The lowest BCUT2D eigenvalue weighted by atomic mass is 10.4. The Morgan fingerprint density at radius 3 is 3.08 bits per heavy atom. The number of nitrogens with zero attached hydrogens (tertiary/aromatic N) is 1. The van der Waals surface area contributed by atoms with Crippen molar-refractivity contribution in [2.45, 2.75) is 6.92 Å². The van der Waals surface area contributed by atoms with Crippen LogP contribution in [-0.4, -0.2) is 11.0 Å². The van der Waals surface area contributed by atoms with Gasteiger partial charge in [0.05, 0.1) is 11.9 Å². The van der Waals surface area contributed by atoms with Gasteiger partial charge in [-0.05, 0) is 6.92 Å². The third-order valence-electron chi connectivity index (χ3n) is 1.32. The SMILES string of the molecule is CC=CC(=O)Oc1ccncc1N. The number of rotatable bonds is 2. The molecule has 68 valence electrons. The van der Waals surface area contributed by atoms with Crippen LogP contribution in [-0.2, 0) is 4.79 Å². The van der Waals surface area contributed by atoms with Crippen molar-refractivity contribution in [3.63, 3.8) is 0 Å². The molecule has 13 heavy (non-hydrogen) atoms. The topological polar surface area (TPSA) is 65.2 Å². The van der Waals surface area contributed by atoms with E-state index in [1.165, 1.54) is 24.5 Å². The standard InChI is InChI=1S/C9H10N2O2/c1-2-3-9(12)13-8-4-5-11-6-7(8)10/h2-6H,10H2,1H3. The number of hydrogen-bond donors (Lipinski definition) is 1. The number of esters is 1. The van der Waals surface area contributed by atoms with Crippen LogP contribution in [0.15, 0.2) is 30.6 Å². The molecule has 0 fully saturated rings. The van der Waals surface area contributed by atoms with E-state index in [0.717, 1.165) is 0 Å². The molecular formula is C9H10N2O2. The quantitative estimate of drug-likeness (QED) is 0.545. The first-order valence-corrected chi connectivity index (χ1v) is 3.78. The van der Waals surface area contributed by atoms with Gasteiger partial charge in [-0.15, -0.1) is 0 Å². The molecule has 0 atom stereocenters. The number of ether oxygens (including phenoxy) is 1. The molecule has 0 amide bonds. The molecule has 2 N–H and O–H groups in total. The molecule has 0 aromatic carbocycles. The highest BCUT2D eigenvalue weighted by Gasteiger charge is 2.02. The fourth-order valence-electron chi connectivity index (χ4n) is 0.765. The maximum atomic E-state index is 11.0. The summed E-state index contributed by atoms with van der Waals surface area (Å²) in [6.07, 6.45) is 5.85. The van der Waals surface area contributed by atoms with Crippen LogP contribution in [0.2, 0.25) is 0 Å². The van der Waals surface area contributed by atoms with Crippen LogP contribution < -0.4 is 10.5 Å². The number of nitrogens with two attached hydrogens (primary N) is 1. The highest BCUT2D eigenvalue weighted by Crippen LogP contribution is 2.18. The van der Waals surface area contributed by atoms with Crippen LogP contribution in [0.25, 0.3) is 0 Å². The van der Waals surface area contributed by atoms with Crippen LogP contribution in [0.1, 0.15) is 6.92 Å². The van der Waals surface area contributed by atoms with Crippen LogP contribution in [0.4, 0.5) is 5.69 Å². The van der Waals surface area contributed by atoms with Gasteiger partial charge in [0.25, 0.3) is 0 Å². The third kappa shape index (κ3) is 2.59. The fraction of sp³-hybridized carbons (Fsp3) is 0.111. The van der Waals surface area contributed by atoms with Crippen LogP contribution in [0, 0.1) is 0 Å². The van der Waals surface area contributed by atoms with Crippen molar-refractivity contribution in [3.8, 4) is 5.75 Å². The Kier molecular flexibility index (Phi) is 3.03. The largest absolute Gasteiger partial charge is 0.421 e. The zero-order valence-electron chi connectivity index (χ0n) is 7.23. The number of nitrogen functional groups attached to an aromatic ring is 1. The minimum Gasteiger partial charge on any atom is -0.421 e. The maximum Gasteiger partial charge on any atom is 0.335 e. The van der Waals surface area contributed by atoms with Crippen molar-refractivity contribution >= 4 is 11.7 Å². The molecule has 0 spiro atoms. The highest BCUT2D eigenvalue weighted by atomic mass is 16.5. The minimum absolute atomic E-state index is 0.332. The predicted octanol–water partition coefficient (Wildman–Crippen LogP) is 1.15. The first-order valence-electron chi connectivity index (χ1n) is 3.78. The van der Waals surface area contributed by atoms with Gasteiger partial charge in [0, 0.05) is 18.3 Å². The Balaban J connectivity index is 2.74. The minimum atomic E-state index is -0.444. The average Bonchev–Trinajstić information content (AvgIpc) is 2.09. The van der Waals surface area contributed by atoms with Crippen molar-refractivity contribution in [2.24, 2.45) is 0 Å². The lowest BCUT2D eigenvalue weighted by Gasteiger charge is -2.02. The molecule has 0 saturated heterocycles. The molecule has 0 unspecified atom stereocenters. The zero-order chi connectivity index (χ0) is 9.68. The second kappa shape index (κ2) is 4.25. The first-order chi connectivity index (χ1) is 6.24. The van der Waals surface area contributed by atoms with Crippen molar-refractivity contribution in [2.75, 3.05) is 5.73 Å². The molecule has 1 rings (SSSR count). The van der Waals surface area contributed by atoms with Crippen molar-refractivity contribution in [1.82, 2.24) is 4.98 Å². The lowest BCUT2D eigenvalue weighted by molar-refractivity contribution is -0.128. The number of allylic oxidation sites excluding steroid dienone is 1. The van der Waals surface area contributed by atoms with E-state index in [9.17, 15) is 4.79 Å².